The SMILES string of the molecule is N#Cc1nccnc1N1CCCC1C(=O)N1CCNCC1. The zero-order valence-electron chi connectivity index (χ0n) is 11.8. The molecule has 110 valence electrons. The van der Waals surface area contributed by atoms with E-state index in [1.54, 1.807) is 6.20 Å². The Bertz CT molecular complexity index is 563. The topological polar surface area (TPSA) is 85.1 Å². The summed E-state index contributed by atoms with van der Waals surface area (Å²) in [4.78, 5) is 24.9. The molecule has 2 aliphatic heterocycles. The molecule has 1 amide bonds. The molecule has 0 radical (unpaired) electrons. The summed E-state index contributed by atoms with van der Waals surface area (Å²) in [6.45, 7) is 3.92. The lowest BCUT2D eigenvalue weighted by molar-refractivity contribution is -0.133. The number of carbonyl (C=O) groups excluding carboxylic acids is 1. The predicted octanol–water partition coefficient (Wildman–Crippen LogP) is -0.251. The molecule has 0 aromatic carbocycles. The monoisotopic (exact) mass is 286 g/mol. The van der Waals surface area contributed by atoms with Crippen LogP contribution in [0.15, 0.2) is 12.4 Å². The number of carbonyl (C=O) groups is 1. The van der Waals surface area contributed by atoms with Crippen LogP contribution in [-0.2, 0) is 4.79 Å². The van der Waals surface area contributed by atoms with Gasteiger partial charge in [0.15, 0.2) is 11.5 Å². The summed E-state index contributed by atoms with van der Waals surface area (Å²) < 4.78 is 0. The molecule has 1 unspecified atom stereocenters. The van der Waals surface area contributed by atoms with Gasteiger partial charge in [-0.1, -0.05) is 0 Å². The van der Waals surface area contributed by atoms with Gasteiger partial charge in [0.1, 0.15) is 12.1 Å². The fourth-order valence-electron chi connectivity index (χ4n) is 2.99. The first-order chi connectivity index (χ1) is 10.3. The minimum Gasteiger partial charge on any atom is -0.342 e. The normalized spacial score (nSPS) is 22.1. The minimum atomic E-state index is -0.216. The van der Waals surface area contributed by atoms with Crippen LogP contribution in [0.2, 0.25) is 0 Å². The first-order valence-electron chi connectivity index (χ1n) is 7.28. The van der Waals surface area contributed by atoms with Crippen LogP contribution in [0.3, 0.4) is 0 Å². The zero-order chi connectivity index (χ0) is 14.7. The van der Waals surface area contributed by atoms with E-state index in [1.165, 1.54) is 6.20 Å². The predicted molar refractivity (Wildman–Crippen MR) is 76.6 cm³/mol. The highest BCUT2D eigenvalue weighted by Gasteiger charge is 2.36. The summed E-state index contributed by atoms with van der Waals surface area (Å²) in [6.07, 6.45) is 4.82. The Morgan fingerprint density at radius 1 is 1.29 bits per heavy atom. The highest BCUT2D eigenvalue weighted by atomic mass is 16.2. The molecule has 3 rings (SSSR count). The second kappa shape index (κ2) is 6.06. The van der Waals surface area contributed by atoms with Gasteiger partial charge in [-0.05, 0) is 12.8 Å². The molecule has 21 heavy (non-hydrogen) atoms. The van der Waals surface area contributed by atoms with Gasteiger partial charge in [-0.2, -0.15) is 5.26 Å². The maximum Gasteiger partial charge on any atom is 0.245 e. The molecule has 0 aliphatic carbocycles. The number of hydrogen-bond acceptors (Lipinski definition) is 6. The molecule has 0 spiro atoms. The summed E-state index contributed by atoms with van der Waals surface area (Å²) in [6, 6.07) is 1.85. The lowest BCUT2D eigenvalue weighted by Gasteiger charge is -2.33. The van der Waals surface area contributed by atoms with Gasteiger partial charge in [0.25, 0.3) is 0 Å². The number of anilines is 1. The maximum atomic E-state index is 12.7. The van der Waals surface area contributed by atoms with Gasteiger partial charge in [-0.15, -0.1) is 0 Å². The Morgan fingerprint density at radius 2 is 2.05 bits per heavy atom. The van der Waals surface area contributed by atoms with Crippen molar-refractivity contribution in [3.63, 3.8) is 0 Å². The lowest BCUT2D eigenvalue weighted by atomic mass is 10.1. The standard InChI is InChI=1S/C14H18N6O/c15-10-11-13(18-4-3-17-11)20-7-1-2-12(20)14(21)19-8-5-16-6-9-19/h3-4,12,16H,1-2,5-9H2. The van der Waals surface area contributed by atoms with Crippen molar-refractivity contribution < 1.29 is 4.79 Å². The van der Waals surface area contributed by atoms with E-state index in [2.05, 4.69) is 21.4 Å². The third-order valence-corrected chi connectivity index (χ3v) is 4.02. The highest BCUT2D eigenvalue weighted by molar-refractivity contribution is 5.86. The van der Waals surface area contributed by atoms with Gasteiger partial charge in [-0.25, -0.2) is 9.97 Å². The highest BCUT2D eigenvalue weighted by Crippen LogP contribution is 2.26. The largest absolute Gasteiger partial charge is 0.342 e. The summed E-state index contributed by atoms with van der Waals surface area (Å²) in [5.41, 5.74) is 0.289. The van der Waals surface area contributed by atoms with Gasteiger partial charge in [0.2, 0.25) is 5.91 Å². The second-order valence-electron chi connectivity index (χ2n) is 5.27. The first-order valence-corrected chi connectivity index (χ1v) is 7.28. The van der Waals surface area contributed by atoms with E-state index in [9.17, 15) is 4.79 Å². The Hall–Kier alpha value is -2.20. The van der Waals surface area contributed by atoms with Crippen molar-refractivity contribution >= 4 is 11.7 Å². The molecular formula is C14H18N6O. The molecule has 2 aliphatic rings. The van der Waals surface area contributed by atoms with Gasteiger partial charge in [0.05, 0.1) is 0 Å². The van der Waals surface area contributed by atoms with Crippen molar-refractivity contribution in [3.05, 3.63) is 18.1 Å². The molecule has 1 aromatic heterocycles. The average Bonchev–Trinajstić information content (AvgIpc) is 3.04. The Labute approximate surface area is 123 Å². The average molecular weight is 286 g/mol. The van der Waals surface area contributed by atoms with E-state index in [0.717, 1.165) is 45.6 Å². The van der Waals surface area contributed by atoms with E-state index in [1.807, 2.05) is 9.80 Å². The summed E-state index contributed by atoms with van der Waals surface area (Å²) in [7, 11) is 0. The van der Waals surface area contributed by atoms with Gasteiger partial charge >= 0.3 is 0 Å². The summed E-state index contributed by atoms with van der Waals surface area (Å²) in [5, 5.41) is 12.4. The van der Waals surface area contributed by atoms with Crippen molar-refractivity contribution in [1.82, 2.24) is 20.2 Å². The van der Waals surface area contributed by atoms with Crippen LogP contribution in [0.4, 0.5) is 5.82 Å². The molecule has 3 heterocycles. The fourth-order valence-corrected chi connectivity index (χ4v) is 2.99. The van der Waals surface area contributed by atoms with E-state index in [4.69, 9.17) is 5.26 Å². The summed E-state index contributed by atoms with van der Waals surface area (Å²) >= 11 is 0. The van der Waals surface area contributed by atoms with Crippen LogP contribution in [-0.4, -0.2) is 59.5 Å². The minimum absolute atomic E-state index is 0.142. The van der Waals surface area contributed by atoms with Crippen LogP contribution in [0, 0.1) is 11.3 Å². The molecular weight excluding hydrogens is 268 g/mol. The van der Waals surface area contributed by atoms with Crippen molar-refractivity contribution in [3.8, 4) is 6.07 Å². The molecule has 7 heteroatoms. The van der Waals surface area contributed by atoms with E-state index < -0.39 is 0 Å². The second-order valence-corrected chi connectivity index (χ2v) is 5.27. The van der Waals surface area contributed by atoms with Crippen LogP contribution in [0.1, 0.15) is 18.5 Å². The maximum absolute atomic E-state index is 12.7. The van der Waals surface area contributed by atoms with Gasteiger partial charge in [0, 0.05) is 45.1 Å². The molecule has 1 aromatic rings. The third kappa shape index (κ3) is 2.67. The van der Waals surface area contributed by atoms with Gasteiger partial charge in [-0.3, -0.25) is 4.79 Å². The number of aromatic nitrogens is 2. The number of hydrogen-bond donors (Lipinski definition) is 1. The van der Waals surface area contributed by atoms with E-state index in [0.29, 0.717) is 5.82 Å². The Morgan fingerprint density at radius 3 is 2.81 bits per heavy atom. The smallest absolute Gasteiger partial charge is 0.245 e. The Kier molecular flexibility index (Phi) is 3.97. The zero-order valence-corrected chi connectivity index (χ0v) is 11.8. The van der Waals surface area contributed by atoms with Crippen molar-refractivity contribution in [2.24, 2.45) is 0 Å². The molecule has 1 N–H and O–H groups in total. The number of rotatable bonds is 2. The lowest BCUT2D eigenvalue weighted by Crippen LogP contribution is -2.52. The van der Waals surface area contributed by atoms with E-state index in [-0.39, 0.29) is 17.6 Å². The van der Waals surface area contributed by atoms with Crippen LogP contribution in [0.5, 0.6) is 0 Å². The van der Waals surface area contributed by atoms with Crippen molar-refractivity contribution in [2.45, 2.75) is 18.9 Å². The summed E-state index contributed by atoms with van der Waals surface area (Å²) in [5.74, 6) is 0.675. The molecule has 0 bridgehead atoms. The number of nitriles is 1. The Balaban J connectivity index is 1.82. The molecule has 2 saturated heterocycles. The molecule has 7 nitrogen and oxygen atoms in total. The van der Waals surface area contributed by atoms with E-state index >= 15 is 0 Å². The van der Waals surface area contributed by atoms with Crippen molar-refractivity contribution in [2.75, 3.05) is 37.6 Å². The number of nitrogens with zero attached hydrogens (tertiary/aromatic N) is 5. The van der Waals surface area contributed by atoms with Crippen molar-refractivity contribution in [1.29, 1.82) is 5.26 Å². The number of nitrogens with one attached hydrogen (secondary N) is 1. The van der Waals surface area contributed by atoms with Crippen LogP contribution in [0.25, 0.3) is 0 Å². The fraction of sp³-hybridized carbons (Fsp3) is 0.571. The molecule has 2 fully saturated rings. The number of amides is 1. The molecule has 0 saturated carbocycles. The van der Waals surface area contributed by atoms with Crippen LogP contribution < -0.4 is 10.2 Å². The third-order valence-electron chi connectivity index (χ3n) is 4.02. The molecule has 1 atom stereocenters. The number of piperazine rings is 1. The first kappa shape index (κ1) is 13.8. The van der Waals surface area contributed by atoms with Crippen LogP contribution >= 0.6 is 0 Å². The quantitative estimate of drug-likeness (QED) is 0.807. The van der Waals surface area contributed by atoms with Gasteiger partial charge < -0.3 is 15.1 Å².